The maximum absolute atomic E-state index is 14.5. The standard InChI is InChI=1S/C46H74N14O12S2/c1-24(37(49)64)53-39(66)30(15-18-61)55-44(71)35-10-6-17-60(35)45(72)34(23-74)59-43(70)33(21-36(48)63)58-40(67)29(9-5-16-52-46(50)51)54-41(68)32(19-25-7-3-2-4-8-25)57-42(69)31(56-38(65)28(47)22-73)20-26-11-13-27(62)14-12-26/h11-14,24-25,28-35,61-62,73-74H,2-10,15-23,47H2,1H3,(H2,48,63)(H2,49,64)(H,53,66)(H,54,68)(H,55,71)(H,56,65)(H,57,69)(H,58,67)(H,59,70)(H4,50,51,52)/t24-,28-,29-,30-,31-,32-,33-,34-,35-/m0/s1. The highest BCUT2D eigenvalue weighted by Gasteiger charge is 2.40. The number of aromatic hydroxyl groups is 1. The number of nitrogens with two attached hydrogens (primary N) is 5. The van der Waals surface area contributed by atoms with Crippen molar-refractivity contribution in [2.45, 2.75) is 145 Å². The van der Waals surface area contributed by atoms with Crippen molar-refractivity contribution in [3.05, 3.63) is 29.8 Å². The molecule has 28 heteroatoms. The number of amides is 10. The fourth-order valence-corrected chi connectivity index (χ4v) is 8.85. The van der Waals surface area contributed by atoms with E-state index in [0.717, 1.165) is 32.1 Å². The van der Waals surface area contributed by atoms with E-state index in [0.29, 0.717) is 12.0 Å². The van der Waals surface area contributed by atoms with Gasteiger partial charge in [-0.2, -0.15) is 25.3 Å². The lowest BCUT2D eigenvalue weighted by Gasteiger charge is -2.31. The highest BCUT2D eigenvalue weighted by atomic mass is 32.1. The Bertz CT molecular complexity index is 2150. The van der Waals surface area contributed by atoms with Crippen LogP contribution in [0.2, 0.25) is 0 Å². The molecule has 1 aliphatic carbocycles. The maximum atomic E-state index is 14.5. The average molecular weight is 1080 g/mol. The third-order valence-corrected chi connectivity index (χ3v) is 13.3. The van der Waals surface area contributed by atoms with Gasteiger partial charge in [0.2, 0.25) is 59.1 Å². The van der Waals surface area contributed by atoms with Crippen LogP contribution in [0.1, 0.15) is 89.5 Å². The number of rotatable bonds is 30. The number of guanidine groups is 1. The van der Waals surface area contributed by atoms with Crippen LogP contribution >= 0.6 is 25.3 Å². The Kier molecular flexibility index (Phi) is 26.2. The number of nitrogens with one attached hydrogen (secondary N) is 7. The summed E-state index contributed by atoms with van der Waals surface area (Å²) in [4.78, 5) is 139. The van der Waals surface area contributed by atoms with Crippen molar-refractivity contribution < 1.29 is 58.2 Å². The van der Waals surface area contributed by atoms with Crippen LogP contribution in [0, 0.1) is 5.92 Å². The summed E-state index contributed by atoms with van der Waals surface area (Å²) in [7, 11) is 0. The topological polar surface area (TPSA) is 441 Å². The van der Waals surface area contributed by atoms with Gasteiger partial charge in [-0.3, -0.25) is 52.9 Å². The molecule has 1 heterocycles. The third kappa shape index (κ3) is 20.5. The summed E-state index contributed by atoms with van der Waals surface area (Å²) in [6, 6.07) is -5.80. The number of carbonyl (C=O) groups is 10. The van der Waals surface area contributed by atoms with Crippen LogP contribution in [0.4, 0.5) is 0 Å². The van der Waals surface area contributed by atoms with Crippen molar-refractivity contribution in [1.29, 1.82) is 0 Å². The lowest BCUT2D eigenvalue weighted by molar-refractivity contribution is -0.142. The molecule has 0 unspecified atom stereocenters. The van der Waals surface area contributed by atoms with E-state index in [1.165, 1.54) is 24.0 Å². The second-order valence-corrected chi connectivity index (χ2v) is 19.1. The molecule has 9 atom stereocenters. The van der Waals surface area contributed by atoms with Crippen molar-refractivity contribution in [2.24, 2.45) is 39.6 Å². The smallest absolute Gasteiger partial charge is 0.246 e. The van der Waals surface area contributed by atoms with Gasteiger partial charge < -0.3 is 81.0 Å². The van der Waals surface area contributed by atoms with Gasteiger partial charge in [0, 0.05) is 37.6 Å². The van der Waals surface area contributed by atoms with Crippen molar-refractivity contribution >= 4 is 90.3 Å². The summed E-state index contributed by atoms with van der Waals surface area (Å²) >= 11 is 8.35. The van der Waals surface area contributed by atoms with E-state index < -0.39 is 126 Å². The van der Waals surface area contributed by atoms with Crippen LogP contribution in [0.3, 0.4) is 0 Å². The molecule has 0 bridgehead atoms. The predicted octanol–water partition coefficient (Wildman–Crippen LogP) is -4.71. The van der Waals surface area contributed by atoms with Gasteiger partial charge >= 0.3 is 0 Å². The molecule has 1 saturated carbocycles. The number of hydrogen-bond acceptors (Lipinski definition) is 16. The minimum Gasteiger partial charge on any atom is -0.508 e. The van der Waals surface area contributed by atoms with Gasteiger partial charge in [-0.15, -0.1) is 0 Å². The number of nitrogens with zero attached hydrogens (tertiary/aromatic N) is 2. The second-order valence-electron chi connectivity index (χ2n) is 18.4. The van der Waals surface area contributed by atoms with E-state index in [9.17, 15) is 58.2 Å². The van der Waals surface area contributed by atoms with Crippen LogP contribution in [-0.2, 0) is 54.4 Å². The molecule has 2 fully saturated rings. The zero-order valence-corrected chi connectivity index (χ0v) is 43.3. The van der Waals surface area contributed by atoms with E-state index in [2.05, 4.69) is 67.5 Å². The molecule has 1 aliphatic heterocycles. The Morgan fingerprint density at radius 1 is 0.676 bits per heavy atom. The number of aliphatic hydroxyl groups is 1. The monoisotopic (exact) mass is 1080 g/mol. The summed E-state index contributed by atoms with van der Waals surface area (Å²) in [5.41, 5.74) is 28.3. The van der Waals surface area contributed by atoms with Crippen molar-refractivity contribution in [1.82, 2.24) is 42.1 Å². The minimum absolute atomic E-state index is 0.00746. The van der Waals surface area contributed by atoms with Gasteiger partial charge in [-0.25, -0.2) is 0 Å². The molecule has 412 valence electrons. The first-order valence-electron chi connectivity index (χ1n) is 24.5. The summed E-state index contributed by atoms with van der Waals surface area (Å²) in [5.74, 6) is -9.10. The van der Waals surface area contributed by atoms with Gasteiger partial charge in [0.1, 0.15) is 54.1 Å². The minimum atomic E-state index is -1.73. The van der Waals surface area contributed by atoms with E-state index in [4.69, 9.17) is 28.7 Å². The Balaban J connectivity index is 1.88. The molecule has 2 aliphatic rings. The number of hydrogen-bond donors (Lipinski definition) is 16. The van der Waals surface area contributed by atoms with E-state index in [-0.39, 0.29) is 80.7 Å². The number of likely N-dealkylation sites (tertiary alicyclic amines) is 1. The van der Waals surface area contributed by atoms with Crippen molar-refractivity contribution in [3.8, 4) is 5.75 Å². The molecule has 3 rings (SSSR count). The van der Waals surface area contributed by atoms with Crippen LogP contribution in [-0.4, -0.2) is 166 Å². The molecule has 0 aromatic heterocycles. The van der Waals surface area contributed by atoms with E-state index >= 15 is 0 Å². The van der Waals surface area contributed by atoms with Gasteiger partial charge in [-0.05, 0) is 69.1 Å². The molecular formula is C46H74N14O12S2. The number of aliphatic hydroxyl groups excluding tert-OH is 1. The van der Waals surface area contributed by atoms with Crippen molar-refractivity contribution in [2.75, 3.05) is 31.2 Å². The first-order valence-corrected chi connectivity index (χ1v) is 25.8. The largest absolute Gasteiger partial charge is 0.508 e. The Hall–Kier alpha value is -6.39. The van der Waals surface area contributed by atoms with Gasteiger partial charge in [0.05, 0.1) is 12.5 Å². The Morgan fingerprint density at radius 2 is 1.23 bits per heavy atom. The zero-order valence-electron chi connectivity index (χ0n) is 41.5. The fourth-order valence-electron chi connectivity index (χ4n) is 8.44. The molecule has 1 aromatic carbocycles. The highest BCUT2D eigenvalue weighted by Crippen LogP contribution is 2.28. The molecule has 26 nitrogen and oxygen atoms in total. The summed E-state index contributed by atoms with van der Waals surface area (Å²) < 4.78 is 0. The lowest BCUT2D eigenvalue weighted by atomic mass is 9.84. The normalized spacial score (nSPS) is 17.8. The molecule has 0 spiro atoms. The van der Waals surface area contributed by atoms with Crippen LogP contribution in [0.5, 0.6) is 5.75 Å². The van der Waals surface area contributed by atoms with Gasteiger partial charge in [-0.1, -0.05) is 44.2 Å². The van der Waals surface area contributed by atoms with Gasteiger partial charge in [0.15, 0.2) is 5.96 Å². The zero-order chi connectivity index (χ0) is 55.1. The average Bonchev–Trinajstić information content (AvgIpc) is 3.86. The molecule has 1 saturated heterocycles. The van der Waals surface area contributed by atoms with Gasteiger partial charge in [0.25, 0.3) is 0 Å². The molecule has 10 amide bonds. The molecular weight excluding hydrogens is 1000 g/mol. The number of aliphatic imine (C=N–C) groups is 1. The quantitative estimate of drug-likeness (QED) is 0.0149. The number of phenols is 1. The van der Waals surface area contributed by atoms with Crippen LogP contribution < -0.4 is 65.9 Å². The predicted molar refractivity (Wildman–Crippen MR) is 277 cm³/mol. The number of carbonyl (C=O) groups excluding carboxylic acids is 10. The number of benzene rings is 1. The first kappa shape index (κ1) is 61.9. The SMILES string of the molecule is C[C@H](NC(=O)[C@H](CCO)NC(=O)[C@@H]1CCCN1C(=O)[C@H](CS)NC(=O)[C@H](CC(N)=O)NC(=O)[C@H](CCCN=C(N)N)NC(=O)[C@H](CC1CCCCC1)NC(=O)[C@H](Cc1ccc(O)cc1)NC(=O)[C@@H](N)CS)C(N)=O. The molecule has 19 N–H and O–H groups in total. The summed E-state index contributed by atoms with van der Waals surface area (Å²) in [5, 5.41) is 37.3. The molecule has 74 heavy (non-hydrogen) atoms. The van der Waals surface area contributed by atoms with Crippen molar-refractivity contribution in [3.63, 3.8) is 0 Å². The Morgan fingerprint density at radius 3 is 1.82 bits per heavy atom. The second kappa shape index (κ2) is 31.4. The first-order chi connectivity index (χ1) is 35.1. The third-order valence-electron chi connectivity index (χ3n) is 12.6. The fraction of sp³-hybridized carbons (Fsp3) is 0.630. The highest BCUT2D eigenvalue weighted by molar-refractivity contribution is 7.80. The summed E-state index contributed by atoms with van der Waals surface area (Å²) in [6.07, 6.45) is 3.80. The summed E-state index contributed by atoms with van der Waals surface area (Å²) in [6.45, 7) is 0.875. The Labute approximate surface area is 440 Å². The molecule has 1 aromatic rings. The van der Waals surface area contributed by atoms with Crippen LogP contribution in [0.15, 0.2) is 29.3 Å². The molecule has 0 radical (unpaired) electrons. The number of phenolic OH excluding ortho intramolecular Hbond substituents is 1. The number of primary amides is 2. The number of thiol groups is 2. The van der Waals surface area contributed by atoms with E-state index in [1.807, 2.05) is 0 Å². The lowest BCUT2D eigenvalue weighted by Crippen LogP contribution is -2.61. The van der Waals surface area contributed by atoms with Crippen LogP contribution in [0.25, 0.3) is 0 Å². The van der Waals surface area contributed by atoms with E-state index in [1.54, 1.807) is 12.1 Å². The maximum Gasteiger partial charge on any atom is 0.246 e.